The fourth-order valence-corrected chi connectivity index (χ4v) is 6.15. The highest BCUT2D eigenvalue weighted by Gasteiger charge is 2.16. The average molecular weight is 548 g/mol. The van der Waals surface area contributed by atoms with Gasteiger partial charge >= 0.3 is 0 Å². The van der Waals surface area contributed by atoms with Gasteiger partial charge in [0.25, 0.3) is 0 Å². The van der Waals surface area contributed by atoms with E-state index >= 15 is 0 Å². The zero-order valence-electron chi connectivity index (χ0n) is 23.3. The molecule has 3 nitrogen and oxygen atoms in total. The Morgan fingerprint density at radius 1 is 0.512 bits per heavy atom. The summed E-state index contributed by atoms with van der Waals surface area (Å²) >= 11 is 0. The van der Waals surface area contributed by atoms with Crippen LogP contribution in [0, 0.1) is 11.3 Å². The van der Waals surface area contributed by atoms with Gasteiger partial charge in [0.2, 0.25) is 0 Å². The van der Waals surface area contributed by atoms with Crippen molar-refractivity contribution in [3.8, 4) is 45.4 Å². The monoisotopic (exact) mass is 547 g/mol. The molecule has 0 aliphatic heterocycles. The molecular weight excluding hydrogens is 522 g/mol. The summed E-state index contributed by atoms with van der Waals surface area (Å²) in [7, 11) is 0. The highest BCUT2D eigenvalue weighted by atomic mass is 15.1. The van der Waals surface area contributed by atoms with Gasteiger partial charge in [-0.2, -0.15) is 5.26 Å². The van der Waals surface area contributed by atoms with Crippen LogP contribution in [0.4, 0.5) is 0 Å². The Morgan fingerprint density at radius 3 is 1.65 bits per heavy atom. The summed E-state index contributed by atoms with van der Waals surface area (Å²) in [5.74, 6) is 0.840. The Morgan fingerprint density at radius 2 is 1.05 bits per heavy atom. The molecule has 0 N–H and O–H groups in total. The molecule has 1 heterocycles. The summed E-state index contributed by atoms with van der Waals surface area (Å²) < 4.78 is 2.19. The Hall–Kier alpha value is -5.98. The fourth-order valence-electron chi connectivity index (χ4n) is 6.15. The molecule has 43 heavy (non-hydrogen) atoms. The van der Waals surface area contributed by atoms with Gasteiger partial charge in [-0.05, 0) is 74.1 Å². The first-order valence-corrected chi connectivity index (χ1v) is 14.4. The lowest BCUT2D eigenvalue weighted by molar-refractivity contribution is 1.10. The molecule has 1 aromatic heterocycles. The number of nitrogens with zero attached hydrogens (tertiary/aromatic N) is 3. The van der Waals surface area contributed by atoms with Crippen molar-refractivity contribution in [2.45, 2.75) is 0 Å². The third-order valence-corrected chi connectivity index (χ3v) is 8.25. The molecule has 0 saturated heterocycles. The quantitative estimate of drug-likeness (QED) is 0.220. The van der Waals surface area contributed by atoms with Crippen molar-refractivity contribution in [1.29, 1.82) is 5.26 Å². The number of fused-ring (bicyclic) bond motifs is 3. The predicted molar refractivity (Wildman–Crippen MR) is 177 cm³/mol. The first-order valence-electron chi connectivity index (χ1n) is 14.4. The van der Waals surface area contributed by atoms with Gasteiger partial charge in [0, 0.05) is 11.3 Å². The van der Waals surface area contributed by atoms with Gasteiger partial charge in [-0.3, -0.25) is 4.57 Å². The molecule has 0 spiro atoms. The summed E-state index contributed by atoms with van der Waals surface area (Å²) in [4.78, 5) is 5.05. The molecule has 0 amide bonds. The van der Waals surface area contributed by atoms with Crippen LogP contribution >= 0.6 is 0 Å². The Balaban J connectivity index is 1.25. The van der Waals surface area contributed by atoms with Crippen molar-refractivity contribution in [2.24, 2.45) is 0 Å². The minimum atomic E-state index is 0.598. The minimum Gasteiger partial charge on any atom is -0.292 e. The van der Waals surface area contributed by atoms with E-state index in [-0.39, 0.29) is 0 Å². The van der Waals surface area contributed by atoms with E-state index in [2.05, 4.69) is 144 Å². The van der Waals surface area contributed by atoms with Crippen molar-refractivity contribution < 1.29 is 0 Å². The average Bonchev–Trinajstić information content (AvgIpc) is 3.46. The number of rotatable bonds is 4. The number of benzene rings is 7. The Labute approximate surface area is 249 Å². The van der Waals surface area contributed by atoms with Crippen LogP contribution in [-0.2, 0) is 0 Å². The maximum atomic E-state index is 9.55. The second kappa shape index (κ2) is 10.1. The van der Waals surface area contributed by atoms with E-state index in [1.165, 1.54) is 32.7 Å². The van der Waals surface area contributed by atoms with Crippen LogP contribution < -0.4 is 0 Å². The molecule has 0 aliphatic carbocycles. The lowest BCUT2D eigenvalue weighted by atomic mass is 9.97. The summed E-state index contributed by atoms with van der Waals surface area (Å²) in [5.41, 5.74) is 9.13. The van der Waals surface area contributed by atoms with Gasteiger partial charge in [-0.15, -0.1) is 0 Å². The van der Waals surface area contributed by atoms with Crippen molar-refractivity contribution in [3.05, 3.63) is 157 Å². The molecule has 0 bridgehead atoms. The lowest BCUT2D eigenvalue weighted by Crippen LogP contribution is -1.98. The van der Waals surface area contributed by atoms with Crippen LogP contribution in [0.25, 0.3) is 71.9 Å². The molecular formula is C40H25N3. The maximum absolute atomic E-state index is 9.55. The third kappa shape index (κ3) is 4.25. The van der Waals surface area contributed by atoms with Crippen LogP contribution in [0.1, 0.15) is 5.56 Å². The number of imidazole rings is 1. The van der Waals surface area contributed by atoms with Crippen LogP contribution in [0.2, 0.25) is 0 Å². The van der Waals surface area contributed by atoms with Crippen LogP contribution in [0.3, 0.4) is 0 Å². The molecule has 0 atom stereocenters. The molecule has 7 aromatic carbocycles. The van der Waals surface area contributed by atoms with Gasteiger partial charge in [0.05, 0.1) is 22.7 Å². The van der Waals surface area contributed by atoms with Crippen molar-refractivity contribution in [3.63, 3.8) is 0 Å². The highest BCUT2D eigenvalue weighted by Crippen LogP contribution is 2.34. The second-order valence-corrected chi connectivity index (χ2v) is 10.8. The first-order chi connectivity index (χ1) is 21.3. The number of aromatic nitrogens is 2. The molecule has 0 unspecified atom stereocenters. The van der Waals surface area contributed by atoms with Gasteiger partial charge in [0.1, 0.15) is 5.82 Å². The standard InChI is InChI=1S/C40H25N3/c41-26-27-15-24-39-38(25-27)42-40(32-18-16-30(17-19-32)36-13-5-9-28-7-1-3-11-34(28)36)43(39)33-22-20-31(21-23-33)37-14-6-10-29-8-2-4-12-35(29)37/h1-25H. The smallest absolute Gasteiger partial charge is 0.145 e. The number of nitriles is 1. The van der Waals surface area contributed by atoms with Gasteiger partial charge < -0.3 is 0 Å². The van der Waals surface area contributed by atoms with Crippen molar-refractivity contribution in [1.82, 2.24) is 9.55 Å². The summed E-state index contributed by atoms with van der Waals surface area (Å²) in [6.07, 6.45) is 0. The minimum absolute atomic E-state index is 0.598. The van der Waals surface area contributed by atoms with E-state index in [0.29, 0.717) is 5.56 Å². The highest BCUT2D eigenvalue weighted by molar-refractivity contribution is 5.98. The van der Waals surface area contributed by atoms with Crippen LogP contribution in [-0.4, -0.2) is 9.55 Å². The summed E-state index contributed by atoms with van der Waals surface area (Å²) in [6.45, 7) is 0. The SMILES string of the molecule is N#Cc1ccc2c(c1)nc(-c1ccc(-c3cccc4ccccc34)cc1)n2-c1ccc(-c2cccc3ccccc23)cc1. The third-order valence-electron chi connectivity index (χ3n) is 8.25. The normalized spacial score (nSPS) is 11.2. The predicted octanol–water partition coefficient (Wildman–Crippen LogP) is 10.2. The topological polar surface area (TPSA) is 41.6 Å². The van der Waals surface area contributed by atoms with E-state index in [9.17, 15) is 5.26 Å². The van der Waals surface area contributed by atoms with E-state index in [1.54, 1.807) is 0 Å². The molecule has 0 saturated carbocycles. The second-order valence-electron chi connectivity index (χ2n) is 10.8. The molecule has 3 heteroatoms. The summed E-state index contributed by atoms with van der Waals surface area (Å²) in [6, 6.07) is 55.1. The van der Waals surface area contributed by atoms with Crippen LogP contribution in [0.5, 0.6) is 0 Å². The van der Waals surface area contributed by atoms with Gasteiger partial charge in [-0.25, -0.2) is 4.98 Å². The number of hydrogen-bond donors (Lipinski definition) is 0. The lowest BCUT2D eigenvalue weighted by Gasteiger charge is -2.13. The molecule has 0 radical (unpaired) electrons. The zero-order chi connectivity index (χ0) is 28.8. The van der Waals surface area contributed by atoms with E-state index in [0.717, 1.165) is 39.2 Å². The zero-order valence-corrected chi connectivity index (χ0v) is 23.3. The summed E-state index contributed by atoms with van der Waals surface area (Å²) in [5, 5.41) is 14.5. The van der Waals surface area contributed by atoms with Crippen molar-refractivity contribution >= 4 is 32.6 Å². The number of hydrogen-bond acceptors (Lipinski definition) is 2. The Bertz CT molecular complexity index is 2330. The van der Waals surface area contributed by atoms with E-state index < -0.39 is 0 Å². The van der Waals surface area contributed by atoms with E-state index in [4.69, 9.17) is 4.98 Å². The molecule has 8 rings (SSSR count). The first kappa shape index (κ1) is 24.8. The maximum Gasteiger partial charge on any atom is 0.145 e. The molecule has 8 aromatic rings. The molecule has 0 fully saturated rings. The molecule has 200 valence electrons. The van der Waals surface area contributed by atoms with Gasteiger partial charge in [0.15, 0.2) is 0 Å². The largest absolute Gasteiger partial charge is 0.292 e. The van der Waals surface area contributed by atoms with Crippen LogP contribution in [0.15, 0.2) is 152 Å². The Kier molecular flexibility index (Phi) is 5.84. The van der Waals surface area contributed by atoms with Gasteiger partial charge in [-0.1, -0.05) is 121 Å². The van der Waals surface area contributed by atoms with Crippen molar-refractivity contribution in [2.75, 3.05) is 0 Å². The molecule has 0 aliphatic rings. The fraction of sp³-hybridized carbons (Fsp3) is 0. The van der Waals surface area contributed by atoms with E-state index in [1.807, 2.05) is 18.2 Å².